The minimum Gasteiger partial charge on any atom is -0.350 e. The number of hydrogen-bond acceptors (Lipinski definition) is 2. The van der Waals surface area contributed by atoms with Crippen molar-refractivity contribution in [2.45, 2.75) is 62.3 Å². The Hall–Kier alpha value is -1.52. The summed E-state index contributed by atoms with van der Waals surface area (Å²) in [5, 5.41) is 3.19. The van der Waals surface area contributed by atoms with Gasteiger partial charge in [-0.15, -0.1) is 11.8 Å². The standard InChI is InChI=1S/C23H33NOSSi/c1-19(20-12-7-5-8-13-20)24-23(25)18-22(27(2,3)4)16-11-17-26-21-14-9-6-10-15-21/h5-10,12-15,19,22H,11,16-18H2,1-4H3,(H,24,25)/t19?,22-/m1/s1. The molecular weight excluding hydrogens is 366 g/mol. The van der Waals surface area contributed by atoms with E-state index in [1.807, 2.05) is 30.0 Å². The van der Waals surface area contributed by atoms with Crippen LogP contribution in [0.2, 0.25) is 25.2 Å². The molecule has 2 rings (SSSR count). The Labute approximate surface area is 170 Å². The minimum absolute atomic E-state index is 0.0645. The molecular formula is C23H33NOSSi. The second-order valence-electron chi connectivity index (χ2n) is 8.27. The summed E-state index contributed by atoms with van der Waals surface area (Å²) in [5.74, 6) is 1.31. The van der Waals surface area contributed by atoms with Crippen LogP contribution < -0.4 is 5.32 Å². The van der Waals surface area contributed by atoms with Crippen molar-refractivity contribution in [3.05, 3.63) is 66.2 Å². The van der Waals surface area contributed by atoms with Crippen LogP contribution in [0.15, 0.2) is 65.6 Å². The molecule has 2 aromatic carbocycles. The monoisotopic (exact) mass is 399 g/mol. The van der Waals surface area contributed by atoms with E-state index in [0.29, 0.717) is 12.0 Å². The van der Waals surface area contributed by atoms with Crippen LogP contribution in [-0.4, -0.2) is 19.7 Å². The van der Waals surface area contributed by atoms with E-state index in [1.54, 1.807) is 0 Å². The van der Waals surface area contributed by atoms with Gasteiger partial charge in [0.2, 0.25) is 5.91 Å². The second-order valence-corrected chi connectivity index (χ2v) is 15.0. The maximum Gasteiger partial charge on any atom is 0.220 e. The lowest BCUT2D eigenvalue weighted by molar-refractivity contribution is -0.121. The van der Waals surface area contributed by atoms with Gasteiger partial charge in [-0.1, -0.05) is 74.6 Å². The van der Waals surface area contributed by atoms with Crippen LogP contribution in [0.5, 0.6) is 0 Å². The van der Waals surface area contributed by atoms with Gasteiger partial charge < -0.3 is 5.32 Å². The summed E-state index contributed by atoms with van der Waals surface area (Å²) in [6.07, 6.45) is 2.96. The van der Waals surface area contributed by atoms with E-state index in [4.69, 9.17) is 0 Å². The number of amides is 1. The zero-order chi connectivity index (χ0) is 19.7. The molecule has 1 amide bonds. The average molecular weight is 400 g/mol. The smallest absolute Gasteiger partial charge is 0.220 e. The number of carbonyl (C=O) groups excluding carboxylic acids is 1. The molecule has 0 aliphatic rings. The lowest BCUT2D eigenvalue weighted by Gasteiger charge is -2.29. The van der Waals surface area contributed by atoms with Crippen LogP contribution >= 0.6 is 11.8 Å². The van der Waals surface area contributed by atoms with E-state index in [0.717, 1.165) is 24.2 Å². The molecule has 0 radical (unpaired) electrons. The Bertz CT molecular complexity index is 685. The van der Waals surface area contributed by atoms with Crippen molar-refractivity contribution in [1.29, 1.82) is 0 Å². The average Bonchev–Trinajstić information content (AvgIpc) is 2.65. The fourth-order valence-electron chi connectivity index (χ4n) is 3.23. The van der Waals surface area contributed by atoms with Crippen LogP contribution in [-0.2, 0) is 4.79 Å². The highest BCUT2D eigenvalue weighted by molar-refractivity contribution is 7.99. The first kappa shape index (κ1) is 21.8. The largest absolute Gasteiger partial charge is 0.350 e. The third-order valence-electron chi connectivity index (χ3n) is 5.04. The molecule has 0 aromatic heterocycles. The van der Waals surface area contributed by atoms with E-state index >= 15 is 0 Å². The van der Waals surface area contributed by atoms with Crippen molar-refractivity contribution in [3.8, 4) is 0 Å². The Kier molecular flexibility index (Phi) is 8.64. The molecule has 146 valence electrons. The summed E-state index contributed by atoms with van der Waals surface area (Å²) in [4.78, 5) is 14.0. The quantitative estimate of drug-likeness (QED) is 0.279. The third-order valence-corrected chi connectivity index (χ3v) is 9.08. The Morgan fingerprint density at radius 3 is 2.19 bits per heavy atom. The van der Waals surface area contributed by atoms with Crippen molar-refractivity contribution < 1.29 is 4.79 Å². The van der Waals surface area contributed by atoms with Gasteiger partial charge in [0.05, 0.1) is 6.04 Å². The summed E-state index contributed by atoms with van der Waals surface area (Å²) in [6.45, 7) is 9.22. The van der Waals surface area contributed by atoms with Crippen molar-refractivity contribution in [2.75, 3.05) is 5.75 Å². The van der Waals surface area contributed by atoms with Crippen molar-refractivity contribution in [2.24, 2.45) is 0 Å². The summed E-state index contributed by atoms with van der Waals surface area (Å²) in [5.41, 5.74) is 1.69. The first-order valence-electron chi connectivity index (χ1n) is 9.88. The maximum absolute atomic E-state index is 12.6. The number of rotatable bonds is 10. The van der Waals surface area contributed by atoms with Gasteiger partial charge in [0.25, 0.3) is 0 Å². The van der Waals surface area contributed by atoms with E-state index in [9.17, 15) is 4.79 Å². The van der Waals surface area contributed by atoms with Gasteiger partial charge in [0.1, 0.15) is 0 Å². The van der Waals surface area contributed by atoms with Crippen molar-refractivity contribution in [3.63, 3.8) is 0 Å². The SMILES string of the molecule is CC(NC(=O)C[C@@H](CCCSc1ccccc1)[Si](C)(C)C)c1ccccc1. The number of nitrogens with one attached hydrogen (secondary N) is 1. The highest BCUT2D eigenvalue weighted by atomic mass is 32.2. The molecule has 0 saturated heterocycles. The van der Waals surface area contributed by atoms with Gasteiger partial charge in [-0.2, -0.15) is 0 Å². The van der Waals surface area contributed by atoms with Crippen LogP contribution in [0.1, 0.15) is 37.8 Å². The number of hydrogen-bond donors (Lipinski definition) is 1. The summed E-state index contributed by atoms with van der Waals surface area (Å²) in [6, 6.07) is 20.8. The molecule has 2 atom stereocenters. The topological polar surface area (TPSA) is 29.1 Å². The number of thioether (sulfide) groups is 1. The van der Waals surface area contributed by atoms with Gasteiger partial charge in [0.15, 0.2) is 0 Å². The van der Waals surface area contributed by atoms with Crippen molar-refractivity contribution >= 4 is 25.7 Å². The Balaban J connectivity index is 1.82. The fraction of sp³-hybridized carbons (Fsp3) is 0.435. The maximum atomic E-state index is 12.6. The molecule has 0 spiro atoms. The van der Waals surface area contributed by atoms with Gasteiger partial charge in [-0.25, -0.2) is 0 Å². The molecule has 0 bridgehead atoms. The van der Waals surface area contributed by atoms with Gasteiger partial charge in [-0.05, 0) is 42.3 Å². The van der Waals surface area contributed by atoms with Gasteiger partial charge >= 0.3 is 0 Å². The molecule has 4 heteroatoms. The van der Waals surface area contributed by atoms with E-state index in [2.05, 4.69) is 74.3 Å². The zero-order valence-electron chi connectivity index (χ0n) is 17.1. The number of carbonyl (C=O) groups is 1. The van der Waals surface area contributed by atoms with Gasteiger partial charge in [0, 0.05) is 19.4 Å². The lowest BCUT2D eigenvalue weighted by atomic mass is 10.1. The molecule has 0 aliphatic heterocycles. The van der Waals surface area contributed by atoms with Crippen LogP contribution in [0, 0.1) is 0 Å². The Morgan fingerprint density at radius 1 is 1.00 bits per heavy atom. The van der Waals surface area contributed by atoms with E-state index < -0.39 is 8.07 Å². The summed E-state index contributed by atoms with van der Waals surface area (Å²) in [7, 11) is -1.38. The molecule has 1 unspecified atom stereocenters. The first-order valence-corrected chi connectivity index (χ1v) is 14.4. The highest BCUT2D eigenvalue weighted by Gasteiger charge is 2.28. The predicted octanol–water partition coefficient (Wildman–Crippen LogP) is 6.53. The highest BCUT2D eigenvalue weighted by Crippen LogP contribution is 2.32. The zero-order valence-corrected chi connectivity index (χ0v) is 18.9. The Morgan fingerprint density at radius 2 is 1.59 bits per heavy atom. The molecule has 27 heavy (non-hydrogen) atoms. The van der Waals surface area contributed by atoms with Crippen LogP contribution in [0.3, 0.4) is 0 Å². The molecule has 0 fully saturated rings. The fourth-order valence-corrected chi connectivity index (χ4v) is 5.99. The van der Waals surface area contributed by atoms with E-state index in [-0.39, 0.29) is 11.9 Å². The van der Waals surface area contributed by atoms with Crippen molar-refractivity contribution in [1.82, 2.24) is 5.32 Å². The minimum atomic E-state index is -1.38. The van der Waals surface area contributed by atoms with Crippen LogP contribution in [0.25, 0.3) is 0 Å². The van der Waals surface area contributed by atoms with Crippen LogP contribution in [0.4, 0.5) is 0 Å². The first-order chi connectivity index (χ1) is 12.9. The second kappa shape index (κ2) is 10.7. The van der Waals surface area contributed by atoms with Gasteiger partial charge in [-0.3, -0.25) is 4.79 Å². The summed E-state index contributed by atoms with van der Waals surface area (Å²) >= 11 is 1.91. The third kappa shape index (κ3) is 7.93. The number of benzene rings is 2. The molecule has 0 heterocycles. The normalized spacial score (nSPS) is 13.8. The molecule has 0 saturated carbocycles. The molecule has 1 N–H and O–H groups in total. The summed E-state index contributed by atoms with van der Waals surface area (Å²) < 4.78 is 0. The molecule has 0 aliphatic carbocycles. The van der Waals surface area contributed by atoms with E-state index in [1.165, 1.54) is 4.90 Å². The lowest BCUT2D eigenvalue weighted by Crippen LogP contribution is -2.34. The molecule has 2 aromatic rings. The molecule has 2 nitrogen and oxygen atoms in total. The predicted molar refractivity (Wildman–Crippen MR) is 121 cm³/mol.